The summed E-state index contributed by atoms with van der Waals surface area (Å²) in [5.41, 5.74) is 0. The smallest absolute Gasteiger partial charge is 0.323 e. The highest BCUT2D eigenvalue weighted by molar-refractivity contribution is 6.02. The van der Waals surface area contributed by atoms with Crippen molar-refractivity contribution < 1.29 is 9.21 Å². The summed E-state index contributed by atoms with van der Waals surface area (Å²) in [5.74, 6) is 1.79. The van der Waals surface area contributed by atoms with Gasteiger partial charge in [0.2, 0.25) is 5.89 Å². The van der Waals surface area contributed by atoms with Gasteiger partial charge in [0.1, 0.15) is 0 Å². The molecule has 0 spiro atoms. The first-order chi connectivity index (χ1) is 7.29. The van der Waals surface area contributed by atoms with E-state index in [4.69, 9.17) is 10.8 Å². The number of aromatic nitrogens is 2. The molecule has 2 heterocycles. The molecule has 1 amide bonds. The van der Waals surface area contributed by atoms with E-state index in [0.717, 1.165) is 19.4 Å². The van der Waals surface area contributed by atoms with Crippen molar-refractivity contribution in [2.24, 2.45) is 0 Å². The summed E-state index contributed by atoms with van der Waals surface area (Å²) < 4.78 is 5.23. The number of anilines is 1. The normalized spacial score (nSPS) is 19.8. The number of hydrogen-bond acceptors (Lipinski definition) is 5. The average molecular weight is 206 g/mol. The highest BCUT2D eigenvalue weighted by Gasteiger charge is 2.22. The van der Waals surface area contributed by atoms with Crippen LogP contribution in [-0.2, 0) is 4.79 Å². The molecule has 1 aromatic rings. The summed E-state index contributed by atoms with van der Waals surface area (Å²) >= 11 is 0. The van der Waals surface area contributed by atoms with E-state index in [0.29, 0.717) is 5.89 Å². The molecule has 2 rings (SSSR count). The van der Waals surface area contributed by atoms with Gasteiger partial charge in [-0.05, 0) is 25.3 Å². The lowest BCUT2D eigenvalue weighted by atomic mass is 10.2. The first-order valence-electron chi connectivity index (χ1n) is 4.64. The summed E-state index contributed by atoms with van der Waals surface area (Å²) in [5, 5.41) is 13.0. The van der Waals surface area contributed by atoms with E-state index in [9.17, 15) is 4.79 Å². The van der Waals surface area contributed by atoms with Crippen LogP contribution in [0.3, 0.4) is 0 Å². The zero-order valence-electron chi connectivity index (χ0n) is 7.99. The molecule has 1 aliphatic heterocycles. The molecule has 15 heavy (non-hydrogen) atoms. The first kappa shape index (κ1) is 9.68. The van der Waals surface area contributed by atoms with Gasteiger partial charge in [0.15, 0.2) is 0 Å². The molecule has 6 nitrogen and oxygen atoms in total. The Morgan fingerprint density at radius 1 is 1.67 bits per heavy atom. The van der Waals surface area contributed by atoms with E-state index >= 15 is 0 Å². The van der Waals surface area contributed by atoms with Gasteiger partial charge in [0.25, 0.3) is 0 Å². The quantitative estimate of drug-likeness (QED) is 0.669. The molecule has 1 aromatic heterocycles. The van der Waals surface area contributed by atoms with Gasteiger partial charge in [-0.25, -0.2) is 0 Å². The highest BCUT2D eigenvalue weighted by Crippen LogP contribution is 2.22. The maximum atomic E-state index is 10.8. The van der Waals surface area contributed by atoms with Gasteiger partial charge >= 0.3 is 11.9 Å². The molecule has 2 N–H and O–H groups in total. The van der Waals surface area contributed by atoms with Gasteiger partial charge in [-0.2, -0.15) is 0 Å². The van der Waals surface area contributed by atoms with E-state index in [2.05, 4.69) is 20.8 Å². The molecular formula is C9H10N4O2. The molecule has 1 aliphatic rings. The summed E-state index contributed by atoms with van der Waals surface area (Å²) in [7, 11) is 0. The van der Waals surface area contributed by atoms with Crippen LogP contribution >= 0.6 is 0 Å². The molecule has 0 radical (unpaired) electrons. The van der Waals surface area contributed by atoms with Crippen LogP contribution in [0.2, 0.25) is 0 Å². The lowest BCUT2D eigenvalue weighted by molar-refractivity contribution is -0.111. The molecule has 6 heteroatoms. The van der Waals surface area contributed by atoms with Crippen molar-refractivity contribution in [3.63, 3.8) is 0 Å². The molecule has 1 saturated heterocycles. The van der Waals surface area contributed by atoms with E-state index in [1.165, 1.54) is 0 Å². The Hall–Kier alpha value is -1.87. The molecule has 0 aromatic carbocycles. The summed E-state index contributed by atoms with van der Waals surface area (Å²) in [4.78, 5) is 10.8. The minimum atomic E-state index is -0.593. The van der Waals surface area contributed by atoms with Crippen molar-refractivity contribution in [2.75, 3.05) is 11.9 Å². The predicted molar refractivity (Wildman–Crippen MR) is 51.7 cm³/mol. The minimum absolute atomic E-state index is 0.0432. The summed E-state index contributed by atoms with van der Waals surface area (Å²) in [6.07, 6.45) is 6.93. The van der Waals surface area contributed by atoms with E-state index in [1.54, 1.807) is 0 Å². The topological polar surface area (TPSA) is 80.0 Å². The van der Waals surface area contributed by atoms with Crippen molar-refractivity contribution in [3.8, 4) is 12.3 Å². The van der Waals surface area contributed by atoms with E-state index in [1.807, 2.05) is 5.92 Å². The lowest BCUT2D eigenvalue weighted by Crippen LogP contribution is -2.13. The van der Waals surface area contributed by atoms with Crippen LogP contribution in [0.25, 0.3) is 0 Å². The van der Waals surface area contributed by atoms with Crippen LogP contribution in [0, 0.1) is 12.3 Å². The van der Waals surface area contributed by atoms with Crippen LogP contribution in [0.1, 0.15) is 24.8 Å². The number of nitrogens with one attached hydrogen (secondary N) is 2. The Morgan fingerprint density at radius 3 is 3.20 bits per heavy atom. The molecule has 1 atom stereocenters. The fraction of sp³-hybridized carbons (Fsp3) is 0.444. The summed E-state index contributed by atoms with van der Waals surface area (Å²) in [6, 6.07) is 0.135. The highest BCUT2D eigenvalue weighted by atomic mass is 16.4. The Kier molecular flexibility index (Phi) is 2.65. The van der Waals surface area contributed by atoms with Gasteiger partial charge in [-0.1, -0.05) is 5.10 Å². The Labute approximate surface area is 86.4 Å². The summed E-state index contributed by atoms with van der Waals surface area (Å²) in [6.45, 7) is 0.944. The molecule has 0 bridgehead atoms. The second-order valence-electron chi connectivity index (χ2n) is 3.19. The standard InChI is InChI=1S/C9H10N4O2/c1-2-7(14)11-9-13-12-8(15-9)6-4-3-5-10-6/h1,6,10H,3-5H2,(H,11,13,14). The van der Waals surface area contributed by atoms with E-state index < -0.39 is 5.91 Å². The average Bonchev–Trinajstić information content (AvgIpc) is 2.85. The van der Waals surface area contributed by atoms with Crippen molar-refractivity contribution >= 4 is 11.9 Å². The van der Waals surface area contributed by atoms with Crippen molar-refractivity contribution in [2.45, 2.75) is 18.9 Å². The van der Waals surface area contributed by atoms with E-state index in [-0.39, 0.29) is 12.1 Å². The lowest BCUT2D eigenvalue weighted by Gasteiger charge is -2.01. The second kappa shape index (κ2) is 4.11. The number of rotatable bonds is 2. The van der Waals surface area contributed by atoms with Crippen LogP contribution in [0.15, 0.2) is 4.42 Å². The third-order valence-corrected chi connectivity index (χ3v) is 2.15. The van der Waals surface area contributed by atoms with Crippen LogP contribution in [-0.4, -0.2) is 22.6 Å². The minimum Gasteiger partial charge on any atom is -0.406 e. The fourth-order valence-corrected chi connectivity index (χ4v) is 1.45. The van der Waals surface area contributed by atoms with Gasteiger partial charge in [-0.3, -0.25) is 10.1 Å². The Balaban J connectivity index is 2.04. The van der Waals surface area contributed by atoms with Gasteiger partial charge in [0.05, 0.1) is 6.04 Å². The number of carbonyl (C=O) groups excluding carboxylic acids is 1. The number of nitrogens with zero attached hydrogens (tertiary/aromatic N) is 2. The maximum Gasteiger partial charge on any atom is 0.323 e. The zero-order chi connectivity index (χ0) is 10.7. The molecule has 0 saturated carbocycles. The Morgan fingerprint density at radius 2 is 2.53 bits per heavy atom. The number of carbonyl (C=O) groups is 1. The number of amides is 1. The number of hydrogen-bond donors (Lipinski definition) is 2. The molecule has 1 fully saturated rings. The van der Waals surface area contributed by atoms with Crippen molar-refractivity contribution in [1.82, 2.24) is 15.5 Å². The molecule has 0 aliphatic carbocycles. The van der Waals surface area contributed by atoms with Crippen LogP contribution in [0.4, 0.5) is 6.01 Å². The number of terminal acetylenes is 1. The monoisotopic (exact) mass is 206 g/mol. The van der Waals surface area contributed by atoms with Gasteiger partial charge < -0.3 is 9.73 Å². The first-order valence-corrected chi connectivity index (χ1v) is 4.64. The van der Waals surface area contributed by atoms with Gasteiger partial charge in [-0.15, -0.1) is 11.5 Å². The zero-order valence-corrected chi connectivity index (χ0v) is 7.99. The Bertz CT molecular complexity index is 400. The second-order valence-corrected chi connectivity index (χ2v) is 3.19. The fourth-order valence-electron chi connectivity index (χ4n) is 1.45. The molecule has 1 unspecified atom stereocenters. The third-order valence-electron chi connectivity index (χ3n) is 2.15. The predicted octanol–water partition coefficient (Wildman–Crippen LogP) is 0.0658. The van der Waals surface area contributed by atoms with Crippen molar-refractivity contribution in [1.29, 1.82) is 0 Å². The van der Waals surface area contributed by atoms with Crippen molar-refractivity contribution in [3.05, 3.63) is 5.89 Å². The van der Waals surface area contributed by atoms with Crippen LogP contribution in [0.5, 0.6) is 0 Å². The maximum absolute atomic E-state index is 10.8. The van der Waals surface area contributed by atoms with Gasteiger partial charge in [0, 0.05) is 0 Å². The largest absolute Gasteiger partial charge is 0.406 e. The third kappa shape index (κ3) is 2.14. The SMILES string of the molecule is C#CC(=O)Nc1nnc(C2CCCN2)o1. The van der Waals surface area contributed by atoms with Crippen LogP contribution < -0.4 is 10.6 Å². The molecular weight excluding hydrogens is 196 g/mol. The molecule has 78 valence electrons.